The van der Waals surface area contributed by atoms with E-state index in [4.69, 9.17) is 9.84 Å². The summed E-state index contributed by atoms with van der Waals surface area (Å²) in [5.41, 5.74) is 0.401. The Morgan fingerprint density at radius 2 is 2.17 bits per heavy atom. The standard InChI is InChI=1S/C9H17NO2/c11-6-8-5-9(7-12-8)1-3-10-4-2-9/h8,10-11H,1-7H2/t8-/m1/s1. The lowest BCUT2D eigenvalue weighted by Crippen LogP contribution is -2.37. The van der Waals surface area contributed by atoms with Crippen molar-refractivity contribution < 1.29 is 9.84 Å². The molecule has 2 saturated heterocycles. The second kappa shape index (κ2) is 3.32. The molecule has 0 aromatic heterocycles. The molecule has 3 nitrogen and oxygen atoms in total. The zero-order chi connectivity index (χ0) is 8.44. The summed E-state index contributed by atoms with van der Waals surface area (Å²) in [5.74, 6) is 0. The van der Waals surface area contributed by atoms with Gasteiger partial charge in [-0.3, -0.25) is 0 Å². The summed E-state index contributed by atoms with van der Waals surface area (Å²) < 4.78 is 5.52. The third kappa shape index (κ3) is 1.49. The van der Waals surface area contributed by atoms with E-state index in [2.05, 4.69) is 5.32 Å². The van der Waals surface area contributed by atoms with E-state index in [0.29, 0.717) is 5.41 Å². The molecule has 0 saturated carbocycles. The predicted octanol–water partition coefficient (Wildman–Crippen LogP) is 0.137. The molecule has 1 spiro atoms. The first-order valence-corrected chi connectivity index (χ1v) is 4.78. The van der Waals surface area contributed by atoms with Crippen LogP contribution >= 0.6 is 0 Å². The smallest absolute Gasteiger partial charge is 0.0812 e. The lowest BCUT2D eigenvalue weighted by molar-refractivity contribution is 0.0500. The van der Waals surface area contributed by atoms with Gasteiger partial charge in [0.1, 0.15) is 0 Å². The Morgan fingerprint density at radius 3 is 2.75 bits per heavy atom. The van der Waals surface area contributed by atoms with Gasteiger partial charge in [0.25, 0.3) is 0 Å². The van der Waals surface area contributed by atoms with Gasteiger partial charge in [-0.25, -0.2) is 0 Å². The van der Waals surface area contributed by atoms with Crippen LogP contribution in [-0.4, -0.2) is 37.5 Å². The van der Waals surface area contributed by atoms with Crippen LogP contribution in [0.1, 0.15) is 19.3 Å². The van der Waals surface area contributed by atoms with Crippen molar-refractivity contribution in [2.45, 2.75) is 25.4 Å². The van der Waals surface area contributed by atoms with Crippen LogP contribution in [0, 0.1) is 5.41 Å². The summed E-state index contributed by atoms with van der Waals surface area (Å²) in [6, 6.07) is 0. The highest BCUT2D eigenvalue weighted by molar-refractivity contribution is 4.91. The molecule has 2 fully saturated rings. The molecule has 0 amide bonds. The molecule has 0 radical (unpaired) electrons. The Balaban J connectivity index is 1.94. The van der Waals surface area contributed by atoms with Gasteiger partial charge in [-0.2, -0.15) is 0 Å². The van der Waals surface area contributed by atoms with Crippen LogP contribution in [0.25, 0.3) is 0 Å². The van der Waals surface area contributed by atoms with Crippen molar-refractivity contribution >= 4 is 0 Å². The van der Waals surface area contributed by atoms with Crippen LogP contribution in [0.2, 0.25) is 0 Å². The molecule has 2 aliphatic rings. The first-order chi connectivity index (χ1) is 5.85. The van der Waals surface area contributed by atoms with Crippen molar-refractivity contribution in [3.63, 3.8) is 0 Å². The van der Waals surface area contributed by atoms with Gasteiger partial charge in [0.15, 0.2) is 0 Å². The van der Waals surface area contributed by atoms with Gasteiger partial charge in [0.2, 0.25) is 0 Å². The number of hydrogen-bond donors (Lipinski definition) is 2. The summed E-state index contributed by atoms with van der Waals surface area (Å²) in [7, 11) is 0. The summed E-state index contributed by atoms with van der Waals surface area (Å²) in [6.07, 6.45) is 3.60. The number of ether oxygens (including phenoxy) is 1. The SMILES string of the molecule is OC[C@H]1CC2(CCNCC2)CO1. The summed E-state index contributed by atoms with van der Waals surface area (Å²) >= 11 is 0. The van der Waals surface area contributed by atoms with E-state index in [1.54, 1.807) is 0 Å². The van der Waals surface area contributed by atoms with Gasteiger partial charge in [0.05, 0.1) is 19.3 Å². The molecule has 0 aliphatic carbocycles. The average Bonchev–Trinajstić information content (AvgIpc) is 2.50. The normalized spacial score (nSPS) is 34.2. The quantitative estimate of drug-likeness (QED) is 0.589. The summed E-state index contributed by atoms with van der Waals surface area (Å²) in [5, 5.41) is 12.3. The van der Waals surface area contributed by atoms with Crippen molar-refractivity contribution in [1.82, 2.24) is 5.32 Å². The Kier molecular flexibility index (Phi) is 2.35. The highest BCUT2D eigenvalue weighted by Gasteiger charge is 2.40. The number of nitrogens with one attached hydrogen (secondary N) is 1. The van der Waals surface area contributed by atoms with Crippen molar-refractivity contribution in [1.29, 1.82) is 0 Å². The maximum absolute atomic E-state index is 8.94. The fraction of sp³-hybridized carbons (Fsp3) is 1.00. The topological polar surface area (TPSA) is 41.5 Å². The Bertz CT molecular complexity index is 155. The van der Waals surface area contributed by atoms with E-state index in [1.807, 2.05) is 0 Å². The van der Waals surface area contributed by atoms with E-state index in [0.717, 1.165) is 26.1 Å². The molecule has 2 rings (SSSR count). The third-order valence-corrected chi connectivity index (χ3v) is 3.15. The van der Waals surface area contributed by atoms with Crippen molar-refractivity contribution in [3.05, 3.63) is 0 Å². The van der Waals surface area contributed by atoms with Crippen LogP contribution < -0.4 is 5.32 Å². The second-order valence-corrected chi connectivity index (χ2v) is 4.07. The first kappa shape index (κ1) is 8.48. The van der Waals surface area contributed by atoms with Gasteiger partial charge in [-0.15, -0.1) is 0 Å². The molecule has 2 aliphatic heterocycles. The summed E-state index contributed by atoms with van der Waals surface area (Å²) in [4.78, 5) is 0. The largest absolute Gasteiger partial charge is 0.394 e. The van der Waals surface area contributed by atoms with Crippen LogP contribution in [0.15, 0.2) is 0 Å². The molecule has 0 bridgehead atoms. The van der Waals surface area contributed by atoms with Crippen LogP contribution in [0.5, 0.6) is 0 Å². The van der Waals surface area contributed by atoms with Crippen LogP contribution in [0.3, 0.4) is 0 Å². The van der Waals surface area contributed by atoms with Crippen molar-refractivity contribution in [3.8, 4) is 0 Å². The van der Waals surface area contributed by atoms with E-state index in [-0.39, 0.29) is 12.7 Å². The van der Waals surface area contributed by atoms with Gasteiger partial charge in [-0.05, 0) is 37.8 Å². The number of rotatable bonds is 1. The molecular formula is C9H17NO2. The van der Waals surface area contributed by atoms with Crippen LogP contribution in [-0.2, 0) is 4.74 Å². The minimum absolute atomic E-state index is 0.114. The molecule has 0 aromatic carbocycles. The predicted molar refractivity (Wildman–Crippen MR) is 46.0 cm³/mol. The maximum Gasteiger partial charge on any atom is 0.0812 e. The molecule has 12 heavy (non-hydrogen) atoms. The second-order valence-electron chi connectivity index (χ2n) is 4.07. The monoisotopic (exact) mass is 171 g/mol. The highest BCUT2D eigenvalue weighted by Crippen LogP contribution is 2.39. The molecule has 2 N–H and O–H groups in total. The molecular weight excluding hydrogens is 154 g/mol. The minimum atomic E-state index is 0.114. The number of aliphatic hydroxyl groups excluding tert-OH is 1. The number of hydrogen-bond acceptors (Lipinski definition) is 3. The molecule has 2 heterocycles. The van der Waals surface area contributed by atoms with E-state index in [1.165, 1.54) is 12.8 Å². The zero-order valence-corrected chi connectivity index (χ0v) is 7.38. The number of piperidine rings is 1. The fourth-order valence-corrected chi connectivity index (χ4v) is 2.32. The maximum atomic E-state index is 8.94. The molecule has 1 atom stereocenters. The molecule has 70 valence electrons. The van der Waals surface area contributed by atoms with Crippen LogP contribution in [0.4, 0.5) is 0 Å². The lowest BCUT2D eigenvalue weighted by atomic mass is 9.77. The average molecular weight is 171 g/mol. The Labute approximate surface area is 73.1 Å². The number of aliphatic hydroxyl groups is 1. The van der Waals surface area contributed by atoms with Gasteiger partial charge in [0, 0.05) is 0 Å². The first-order valence-electron chi connectivity index (χ1n) is 4.78. The van der Waals surface area contributed by atoms with Gasteiger partial charge < -0.3 is 15.2 Å². The molecule has 0 unspecified atom stereocenters. The third-order valence-electron chi connectivity index (χ3n) is 3.15. The van der Waals surface area contributed by atoms with Crippen molar-refractivity contribution in [2.24, 2.45) is 5.41 Å². The van der Waals surface area contributed by atoms with E-state index >= 15 is 0 Å². The van der Waals surface area contributed by atoms with E-state index in [9.17, 15) is 0 Å². The van der Waals surface area contributed by atoms with Gasteiger partial charge >= 0.3 is 0 Å². The van der Waals surface area contributed by atoms with Gasteiger partial charge in [-0.1, -0.05) is 0 Å². The zero-order valence-electron chi connectivity index (χ0n) is 7.38. The molecule has 0 aromatic rings. The molecule has 3 heteroatoms. The van der Waals surface area contributed by atoms with E-state index < -0.39 is 0 Å². The highest BCUT2D eigenvalue weighted by atomic mass is 16.5. The fourth-order valence-electron chi connectivity index (χ4n) is 2.32. The Morgan fingerprint density at radius 1 is 1.42 bits per heavy atom. The van der Waals surface area contributed by atoms with Crippen molar-refractivity contribution in [2.75, 3.05) is 26.3 Å². The lowest BCUT2D eigenvalue weighted by Gasteiger charge is -2.32. The summed E-state index contributed by atoms with van der Waals surface area (Å²) in [6.45, 7) is 3.28. The Hall–Kier alpha value is -0.120. The minimum Gasteiger partial charge on any atom is -0.394 e.